The van der Waals surface area contributed by atoms with Crippen molar-refractivity contribution in [1.29, 1.82) is 0 Å². The average molecular weight is 684 g/mol. The molecule has 0 N–H and O–H groups in total. The Balaban J connectivity index is 1.39. The second kappa shape index (κ2) is 11.6. The minimum Gasteiger partial charge on any atom is -0.455 e. The van der Waals surface area contributed by atoms with Gasteiger partial charge in [0, 0.05) is 27.6 Å². The summed E-state index contributed by atoms with van der Waals surface area (Å²) >= 11 is 1.77. The maximum Gasteiger partial charge on any atom is 0.149 e. The monoisotopic (exact) mass is 683 g/mol. The van der Waals surface area contributed by atoms with Crippen LogP contribution in [0.4, 0.5) is 0 Å². The number of benzene rings is 6. The smallest absolute Gasteiger partial charge is 0.149 e. The van der Waals surface area contributed by atoms with E-state index in [1.165, 1.54) is 43.4 Å². The molecule has 0 atom stereocenters. The number of para-hydroxylation sites is 1. The van der Waals surface area contributed by atoms with Gasteiger partial charge in [0.2, 0.25) is 0 Å². The summed E-state index contributed by atoms with van der Waals surface area (Å²) in [5.41, 5.74) is 12.0. The van der Waals surface area contributed by atoms with Crippen LogP contribution in [0.5, 0.6) is 0 Å². The molecule has 252 valence electrons. The molecule has 0 amide bonds. The lowest BCUT2D eigenvalue weighted by Gasteiger charge is -2.24. The summed E-state index contributed by atoms with van der Waals surface area (Å²) in [6.45, 7) is 15.9. The Kier molecular flexibility index (Phi) is 7.24. The third kappa shape index (κ3) is 5.09. The number of aromatic nitrogens is 3. The molecule has 0 spiro atoms. The number of hydrogen-bond donors (Lipinski definition) is 0. The first kappa shape index (κ1) is 31.7. The van der Waals surface area contributed by atoms with Gasteiger partial charge in [-0.3, -0.25) is 4.57 Å². The number of fused-ring (bicyclic) bond motifs is 7. The molecular formula is C46H41N3OS. The first-order chi connectivity index (χ1) is 24.6. The van der Waals surface area contributed by atoms with Crippen molar-refractivity contribution >= 4 is 65.3 Å². The molecule has 9 rings (SSSR count). The summed E-state index contributed by atoms with van der Waals surface area (Å²) in [6, 6.07) is 39.5. The van der Waals surface area contributed by atoms with Crippen molar-refractivity contribution in [2.75, 3.05) is 0 Å². The van der Waals surface area contributed by atoms with E-state index in [1.807, 2.05) is 0 Å². The van der Waals surface area contributed by atoms with Gasteiger partial charge in [-0.15, -0.1) is 11.3 Å². The summed E-state index contributed by atoms with van der Waals surface area (Å²) in [4.78, 5) is 10.5. The van der Waals surface area contributed by atoms with E-state index in [0.717, 1.165) is 54.9 Å². The van der Waals surface area contributed by atoms with Crippen LogP contribution in [0.2, 0.25) is 0 Å². The molecule has 0 fully saturated rings. The van der Waals surface area contributed by atoms with Gasteiger partial charge in [-0.05, 0) is 69.8 Å². The van der Waals surface area contributed by atoms with Crippen LogP contribution in [-0.4, -0.2) is 14.5 Å². The SMILES string of the molecule is CC(C)c1cc(-c2ccccc2)cc(C(C)C)c1-n1c(-c2cccc3c2oc2cc4nc(C(C)(C)C)sc4cc23)nc2ccc3ccccc3c21. The van der Waals surface area contributed by atoms with Gasteiger partial charge in [-0.25, -0.2) is 9.97 Å². The Morgan fingerprint density at radius 3 is 2.08 bits per heavy atom. The fraction of sp³-hybridized carbons (Fsp3) is 0.217. The Morgan fingerprint density at radius 1 is 0.647 bits per heavy atom. The summed E-state index contributed by atoms with van der Waals surface area (Å²) < 4.78 is 10.5. The molecule has 6 aromatic carbocycles. The molecule has 51 heavy (non-hydrogen) atoms. The fourth-order valence-corrected chi connectivity index (χ4v) is 8.61. The van der Waals surface area contributed by atoms with Crippen molar-refractivity contribution in [2.24, 2.45) is 0 Å². The van der Waals surface area contributed by atoms with E-state index in [1.54, 1.807) is 11.3 Å². The van der Waals surface area contributed by atoms with Crippen molar-refractivity contribution in [3.8, 4) is 28.2 Å². The zero-order valence-electron chi connectivity index (χ0n) is 30.2. The van der Waals surface area contributed by atoms with E-state index in [4.69, 9.17) is 14.4 Å². The van der Waals surface area contributed by atoms with Crippen LogP contribution < -0.4 is 0 Å². The predicted molar refractivity (Wildman–Crippen MR) is 217 cm³/mol. The van der Waals surface area contributed by atoms with Crippen LogP contribution in [0.25, 0.3) is 82.2 Å². The molecule has 3 aromatic heterocycles. The lowest BCUT2D eigenvalue weighted by atomic mass is 9.88. The first-order valence-electron chi connectivity index (χ1n) is 18.0. The molecule has 0 radical (unpaired) electrons. The summed E-state index contributed by atoms with van der Waals surface area (Å²) in [5.74, 6) is 1.42. The molecule has 0 bridgehead atoms. The lowest BCUT2D eigenvalue weighted by molar-refractivity contribution is 0.587. The van der Waals surface area contributed by atoms with Gasteiger partial charge in [-0.1, -0.05) is 121 Å². The Hall–Kier alpha value is -5.26. The van der Waals surface area contributed by atoms with Gasteiger partial charge < -0.3 is 4.42 Å². The number of furan rings is 1. The van der Waals surface area contributed by atoms with Crippen molar-refractivity contribution < 1.29 is 4.42 Å². The molecule has 0 saturated heterocycles. The molecule has 0 aliphatic heterocycles. The molecular weight excluding hydrogens is 643 g/mol. The van der Waals surface area contributed by atoms with Gasteiger partial charge in [0.25, 0.3) is 0 Å². The van der Waals surface area contributed by atoms with Gasteiger partial charge in [-0.2, -0.15) is 0 Å². The summed E-state index contributed by atoms with van der Waals surface area (Å²) in [6.07, 6.45) is 0. The second-order valence-corrected chi connectivity index (χ2v) is 16.5. The molecule has 4 nitrogen and oxygen atoms in total. The molecule has 0 saturated carbocycles. The molecule has 0 unspecified atom stereocenters. The van der Waals surface area contributed by atoms with Crippen LogP contribution in [0.3, 0.4) is 0 Å². The van der Waals surface area contributed by atoms with Crippen LogP contribution in [0.15, 0.2) is 114 Å². The maximum absolute atomic E-state index is 6.86. The average Bonchev–Trinajstić information content (AvgIpc) is 3.83. The largest absolute Gasteiger partial charge is 0.455 e. The van der Waals surface area contributed by atoms with Crippen molar-refractivity contribution in [3.63, 3.8) is 0 Å². The molecule has 0 aliphatic rings. The van der Waals surface area contributed by atoms with E-state index in [9.17, 15) is 0 Å². The number of thiazole rings is 1. The molecule has 3 heterocycles. The van der Waals surface area contributed by atoms with Crippen molar-refractivity contribution in [1.82, 2.24) is 14.5 Å². The zero-order valence-corrected chi connectivity index (χ0v) is 31.0. The van der Waals surface area contributed by atoms with Crippen molar-refractivity contribution in [2.45, 2.75) is 65.7 Å². The van der Waals surface area contributed by atoms with Crippen LogP contribution in [-0.2, 0) is 5.41 Å². The van der Waals surface area contributed by atoms with E-state index in [2.05, 4.69) is 162 Å². The second-order valence-electron chi connectivity index (χ2n) is 15.5. The van der Waals surface area contributed by atoms with Crippen LogP contribution in [0, 0.1) is 0 Å². The van der Waals surface area contributed by atoms with Crippen molar-refractivity contribution in [3.05, 3.63) is 125 Å². The van der Waals surface area contributed by atoms with Gasteiger partial charge in [0.1, 0.15) is 17.0 Å². The fourth-order valence-electron chi connectivity index (χ4n) is 7.57. The maximum atomic E-state index is 6.86. The van der Waals surface area contributed by atoms with E-state index in [0.29, 0.717) is 0 Å². The van der Waals surface area contributed by atoms with E-state index >= 15 is 0 Å². The van der Waals surface area contributed by atoms with E-state index in [-0.39, 0.29) is 17.3 Å². The highest BCUT2D eigenvalue weighted by Crippen LogP contribution is 2.45. The van der Waals surface area contributed by atoms with Gasteiger partial charge in [0.05, 0.1) is 37.5 Å². The molecule has 9 aromatic rings. The minimum absolute atomic E-state index is 0.00764. The Morgan fingerprint density at radius 2 is 1.35 bits per heavy atom. The molecule has 0 aliphatic carbocycles. The standard InChI is InChI=1S/C46H41N3OS/c1-26(2)34-22-30(28-14-9-8-10-15-28)23-35(27(3)4)41(34)49-42-31-17-12-11-16-29(31)20-21-37(42)47-44(49)33-19-13-18-32-36-24-40-38(25-39(36)50-43(32)33)48-45(51-40)46(5,6)7/h8-27H,1-7H3. The van der Waals surface area contributed by atoms with Crippen LogP contribution in [0.1, 0.15) is 76.4 Å². The third-order valence-electron chi connectivity index (χ3n) is 10.2. The van der Waals surface area contributed by atoms with Gasteiger partial charge in [0.15, 0.2) is 0 Å². The highest BCUT2D eigenvalue weighted by atomic mass is 32.1. The topological polar surface area (TPSA) is 43.9 Å². The zero-order chi connectivity index (χ0) is 35.2. The minimum atomic E-state index is -0.00764. The normalized spacial score (nSPS) is 12.6. The Labute approximate surface area is 302 Å². The Bertz CT molecular complexity index is 2760. The van der Waals surface area contributed by atoms with Crippen LogP contribution >= 0.6 is 11.3 Å². The summed E-state index contributed by atoms with van der Waals surface area (Å²) in [7, 11) is 0. The van der Waals surface area contributed by atoms with Gasteiger partial charge >= 0.3 is 0 Å². The highest BCUT2D eigenvalue weighted by molar-refractivity contribution is 7.18. The lowest BCUT2D eigenvalue weighted by Crippen LogP contribution is -2.09. The summed E-state index contributed by atoms with van der Waals surface area (Å²) in [5, 5.41) is 5.71. The molecule has 5 heteroatoms. The number of hydrogen-bond acceptors (Lipinski definition) is 4. The number of rotatable bonds is 5. The highest BCUT2D eigenvalue weighted by Gasteiger charge is 2.27. The first-order valence-corrected chi connectivity index (χ1v) is 18.8. The van der Waals surface area contributed by atoms with E-state index < -0.39 is 0 Å². The quantitative estimate of drug-likeness (QED) is 0.181. The number of imidazole rings is 1. The third-order valence-corrected chi connectivity index (χ3v) is 11.6. The number of nitrogens with zero attached hydrogens (tertiary/aromatic N) is 3. The predicted octanol–water partition coefficient (Wildman–Crippen LogP) is 13.6.